The van der Waals surface area contributed by atoms with E-state index >= 15 is 0 Å². The van der Waals surface area contributed by atoms with Gasteiger partial charge in [0.15, 0.2) is 0 Å². The van der Waals surface area contributed by atoms with Gasteiger partial charge in [0.1, 0.15) is 0 Å². The van der Waals surface area contributed by atoms with Crippen LogP contribution in [0.25, 0.3) is 11.1 Å². The van der Waals surface area contributed by atoms with Gasteiger partial charge in [0, 0.05) is 0 Å². The maximum atomic E-state index is 3.86. The van der Waals surface area contributed by atoms with Crippen LogP contribution >= 0.6 is 0 Å². The standard InChI is InChI=1S/C19H24Si/c1-5-6-10-18-15-17(16-11-8-7-9-12-16)13-14-19(18)20(2,3)4/h5,7-9,11-15H,1,6,10H2,2-4H3. The molecule has 0 heterocycles. The molecule has 0 atom stereocenters. The quantitative estimate of drug-likeness (QED) is 0.533. The minimum Gasteiger partial charge on any atom is -0.103 e. The van der Waals surface area contributed by atoms with Crippen LogP contribution in [0.5, 0.6) is 0 Å². The number of aryl methyl sites for hydroxylation is 1. The first-order valence-corrected chi connectivity index (χ1v) is 10.8. The first-order chi connectivity index (χ1) is 9.52. The SMILES string of the molecule is C=CCCc1cc(-c2ccccc2)ccc1[Si](C)(C)C. The smallest absolute Gasteiger partial charge is 0.0779 e. The van der Waals surface area contributed by atoms with E-state index in [1.54, 1.807) is 5.19 Å². The Bertz CT molecular complexity index is 576. The van der Waals surface area contributed by atoms with Gasteiger partial charge >= 0.3 is 0 Å². The minimum atomic E-state index is -1.29. The monoisotopic (exact) mass is 280 g/mol. The summed E-state index contributed by atoms with van der Waals surface area (Å²) in [5.74, 6) is 0. The summed E-state index contributed by atoms with van der Waals surface area (Å²) in [6.07, 6.45) is 4.17. The summed E-state index contributed by atoms with van der Waals surface area (Å²) < 4.78 is 0. The van der Waals surface area contributed by atoms with Crippen LogP contribution in [0.3, 0.4) is 0 Å². The fraction of sp³-hybridized carbons (Fsp3) is 0.263. The molecule has 0 spiro atoms. The van der Waals surface area contributed by atoms with E-state index in [0.29, 0.717) is 0 Å². The highest BCUT2D eigenvalue weighted by molar-refractivity contribution is 6.89. The lowest BCUT2D eigenvalue weighted by molar-refractivity contribution is 1.01. The molecule has 2 aromatic rings. The summed E-state index contributed by atoms with van der Waals surface area (Å²) in [5.41, 5.74) is 4.13. The summed E-state index contributed by atoms with van der Waals surface area (Å²) in [7, 11) is -1.29. The second-order valence-electron chi connectivity index (χ2n) is 6.32. The van der Waals surface area contributed by atoms with Crippen molar-refractivity contribution in [1.82, 2.24) is 0 Å². The molecule has 0 saturated heterocycles. The van der Waals surface area contributed by atoms with Crippen LogP contribution in [0.15, 0.2) is 61.2 Å². The normalized spacial score (nSPS) is 11.3. The zero-order valence-corrected chi connectivity index (χ0v) is 13.8. The molecule has 0 aliphatic carbocycles. The van der Waals surface area contributed by atoms with E-state index in [1.165, 1.54) is 16.7 Å². The molecule has 20 heavy (non-hydrogen) atoms. The average molecular weight is 280 g/mol. The van der Waals surface area contributed by atoms with E-state index < -0.39 is 8.07 Å². The topological polar surface area (TPSA) is 0 Å². The number of allylic oxidation sites excluding steroid dienone is 1. The van der Waals surface area contributed by atoms with Gasteiger partial charge in [0.05, 0.1) is 8.07 Å². The van der Waals surface area contributed by atoms with Crippen molar-refractivity contribution in [2.45, 2.75) is 32.5 Å². The van der Waals surface area contributed by atoms with E-state index in [-0.39, 0.29) is 0 Å². The highest BCUT2D eigenvalue weighted by atomic mass is 28.3. The van der Waals surface area contributed by atoms with Gasteiger partial charge in [-0.1, -0.05) is 79.4 Å². The molecule has 0 N–H and O–H groups in total. The average Bonchev–Trinajstić information content (AvgIpc) is 2.44. The van der Waals surface area contributed by atoms with Gasteiger partial charge in [-0.25, -0.2) is 0 Å². The van der Waals surface area contributed by atoms with Gasteiger partial charge in [-0.3, -0.25) is 0 Å². The van der Waals surface area contributed by atoms with Crippen molar-refractivity contribution in [3.63, 3.8) is 0 Å². The number of hydrogen-bond donors (Lipinski definition) is 0. The Morgan fingerprint density at radius 3 is 2.25 bits per heavy atom. The van der Waals surface area contributed by atoms with Crippen molar-refractivity contribution in [3.8, 4) is 11.1 Å². The Balaban J connectivity index is 2.46. The highest BCUT2D eigenvalue weighted by Gasteiger charge is 2.20. The largest absolute Gasteiger partial charge is 0.103 e. The Morgan fingerprint density at radius 2 is 1.65 bits per heavy atom. The molecule has 0 unspecified atom stereocenters. The van der Waals surface area contributed by atoms with Crippen LogP contribution in [-0.2, 0) is 6.42 Å². The molecule has 0 aliphatic heterocycles. The van der Waals surface area contributed by atoms with Gasteiger partial charge < -0.3 is 0 Å². The first kappa shape index (κ1) is 14.8. The number of rotatable bonds is 5. The highest BCUT2D eigenvalue weighted by Crippen LogP contribution is 2.21. The lowest BCUT2D eigenvalue weighted by atomic mass is 10.0. The van der Waals surface area contributed by atoms with E-state index in [1.807, 2.05) is 6.08 Å². The molecule has 0 nitrogen and oxygen atoms in total. The van der Waals surface area contributed by atoms with Gasteiger partial charge in [-0.05, 0) is 29.5 Å². The first-order valence-electron chi connectivity index (χ1n) is 7.32. The lowest BCUT2D eigenvalue weighted by Gasteiger charge is -2.22. The molecule has 0 aliphatic rings. The third-order valence-electron chi connectivity index (χ3n) is 3.64. The van der Waals surface area contributed by atoms with Crippen molar-refractivity contribution in [3.05, 3.63) is 66.7 Å². The second kappa shape index (κ2) is 6.23. The third-order valence-corrected chi connectivity index (χ3v) is 5.74. The van der Waals surface area contributed by atoms with Crippen LogP contribution < -0.4 is 5.19 Å². The summed E-state index contributed by atoms with van der Waals surface area (Å²) in [6.45, 7) is 11.1. The maximum Gasteiger partial charge on any atom is 0.0779 e. The molecule has 0 bridgehead atoms. The molecule has 0 aromatic heterocycles. The van der Waals surface area contributed by atoms with Gasteiger partial charge in [0.25, 0.3) is 0 Å². The third kappa shape index (κ3) is 3.49. The summed E-state index contributed by atoms with van der Waals surface area (Å²) in [6, 6.07) is 17.6. The Kier molecular flexibility index (Phi) is 4.61. The molecule has 0 amide bonds. The minimum absolute atomic E-state index is 1.05. The van der Waals surface area contributed by atoms with Crippen LogP contribution in [-0.4, -0.2) is 8.07 Å². The Morgan fingerprint density at radius 1 is 0.950 bits per heavy atom. The van der Waals surface area contributed by atoms with Gasteiger partial charge in [-0.2, -0.15) is 0 Å². The van der Waals surface area contributed by atoms with E-state index in [2.05, 4.69) is 74.8 Å². The fourth-order valence-corrected chi connectivity index (χ4v) is 4.34. The van der Waals surface area contributed by atoms with Crippen LogP contribution in [0.4, 0.5) is 0 Å². The molecule has 2 aromatic carbocycles. The fourth-order valence-electron chi connectivity index (χ4n) is 2.60. The van der Waals surface area contributed by atoms with Crippen molar-refractivity contribution < 1.29 is 0 Å². The van der Waals surface area contributed by atoms with Crippen molar-refractivity contribution in [2.24, 2.45) is 0 Å². The number of hydrogen-bond acceptors (Lipinski definition) is 0. The van der Waals surface area contributed by atoms with Crippen molar-refractivity contribution >= 4 is 13.3 Å². The molecule has 1 heteroatoms. The van der Waals surface area contributed by atoms with Gasteiger partial charge in [-0.15, -0.1) is 6.58 Å². The van der Waals surface area contributed by atoms with Crippen molar-refractivity contribution in [2.75, 3.05) is 0 Å². The van der Waals surface area contributed by atoms with Crippen molar-refractivity contribution in [1.29, 1.82) is 0 Å². The van der Waals surface area contributed by atoms with Gasteiger partial charge in [0.2, 0.25) is 0 Å². The molecular weight excluding hydrogens is 256 g/mol. The Hall–Kier alpha value is -1.60. The molecule has 0 fully saturated rings. The van der Waals surface area contributed by atoms with E-state index in [9.17, 15) is 0 Å². The molecule has 0 radical (unpaired) electrons. The molecule has 2 rings (SSSR count). The zero-order valence-electron chi connectivity index (χ0n) is 12.8. The van der Waals surface area contributed by atoms with Crippen LogP contribution in [0, 0.1) is 0 Å². The lowest BCUT2D eigenvalue weighted by Crippen LogP contribution is -2.40. The summed E-state index contributed by atoms with van der Waals surface area (Å²) in [5, 5.41) is 1.58. The van der Waals surface area contributed by atoms with E-state index in [4.69, 9.17) is 0 Å². The van der Waals surface area contributed by atoms with E-state index in [0.717, 1.165) is 12.8 Å². The summed E-state index contributed by atoms with van der Waals surface area (Å²) in [4.78, 5) is 0. The van der Waals surface area contributed by atoms with Crippen LogP contribution in [0.1, 0.15) is 12.0 Å². The zero-order chi connectivity index (χ0) is 14.6. The second-order valence-corrected chi connectivity index (χ2v) is 11.4. The predicted molar refractivity (Wildman–Crippen MR) is 93.4 cm³/mol. The van der Waals surface area contributed by atoms with Crippen LogP contribution in [0.2, 0.25) is 19.6 Å². The number of benzene rings is 2. The molecular formula is C19H24Si. The molecule has 0 saturated carbocycles. The predicted octanol–water partition coefficient (Wildman–Crippen LogP) is 5.02. The molecule has 104 valence electrons. The maximum absolute atomic E-state index is 3.86. The summed E-state index contributed by atoms with van der Waals surface area (Å²) >= 11 is 0. The Labute approximate surface area is 124 Å².